The molecule has 0 spiro atoms. The van der Waals surface area contributed by atoms with Gasteiger partial charge >= 0.3 is 5.97 Å². The van der Waals surface area contributed by atoms with Crippen LogP contribution in [0.15, 0.2) is 34.9 Å². The van der Waals surface area contributed by atoms with Crippen molar-refractivity contribution in [2.45, 2.75) is 92.1 Å². The summed E-state index contributed by atoms with van der Waals surface area (Å²) < 4.78 is 5.63. The lowest BCUT2D eigenvalue weighted by Crippen LogP contribution is -2.36. The van der Waals surface area contributed by atoms with Gasteiger partial charge in [-0.25, -0.2) is 0 Å². The molecule has 0 radical (unpaired) electrons. The van der Waals surface area contributed by atoms with Crippen molar-refractivity contribution < 1.29 is 9.53 Å². The van der Waals surface area contributed by atoms with Gasteiger partial charge in [-0.3, -0.25) is 4.79 Å². The number of carbonyl (C=O) groups excluding carboxylic acids is 1. The molecule has 0 saturated heterocycles. The van der Waals surface area contributed by atoms with Crippen molar-refractivity contribution in [2.24, 2.45) is 5.92 Å². The van der Waals surface area contributed by atoms with Crippen LogP contribution in [-0.2, 0) is 9.53 Å². The van der Waals surface area contributed by atoms with Crippen LogP contribution in [0.4, 0.5) is 0 Å². The van der Waals surface area contributed by atoms with Crippen molar-refractivity contribution in [3.8, 4) is 0 Å². The van der Waals surface area contributed by atoms with Crippen LogP contribution in [0, 0.1) is 5.92 Å². The van der Waals surface area contributed by atoms with Crippen molar-refractivity contribution in [1.29, 1.82) is 0 Å². The van der Waals surface area contributed by atoms with Gasteiger partial charge in [0.2, 0.25) is 0 Å². The molecule has 0 N–H and O–H groups in total. The van der Waals surface area contributed by atoms with Gasteiger partial charge in [0.15, 0.2) is 0 Å². The smallest absolute Gasteiger partial charge is 0.303 e. The summed E-state index contributed by atoms with van der Waals surface area (Å²) in [7, 11) is 0. The fourth-order valence-corrected chi connectivity index (χ4v) is 3.35. The number of rotatable bonds is 2. The zero-order valence-corrected chi connectivity index (χ0v) is 16.6. The molecule has 0 saturated carbocycles. The second-order valence-corrected chi connectivity index (χ2v) is 7.90. The molecule has 2 heteroatoms. The van der Waals surface area contributed by atoms with E-state index in [0.29, 0.717) is 5.92 Å². The molecule has 0 aromatic carbocycles. The van der Waals surface area contributed by atoms with Crippen LogP contribution in [0.25, 0.3) is 0 Å². The van der Waals surface area contributed by atoms with Crippen LogP contribution in [0.1, 0.15) is 86.5 Å². The van der Waals surface area contributed by atoms with Crippen LogP contribution < -0.4 is 0 Å². The Morgan fingerprint density at radius 1 is 0.958 bits per heavy atom. The van der Waals surface area contributed by atoms with E-state index in [1.54, 1.807) is 0 Å². The van der Waals surface area contributed by atoms with E-state index in [-0.39, 0.29) is 5.97 Å². The Labute approximate surface area is 149 Å². The molecule has 0 heterocycles. The average Bonchev–Trinajstić information content (AvgIpc) is 2.44. The summed E-state index contributed by atoms with van der Waals surface area (Å²) in [5, 5.41) is 0. The normalized spacial score (nSPS) is 21.9. The summed E-state index contributed by atoms with van der Waals surface area (Å²) in [6, 6.07) is 0. The maximum atomic E-state index is 11.5. The molecular weight excluding hydrogens is 296 g/mol. The fourth-order valence-electron chi connectivity index (χ4n) is 3.35. The highest BCUT2D eigenvalue weighted by molar-refractivity contribution is 5.66. The molecule has 0 fully saturated rings. The summed E-state index contributed by atoms with van der Waals surface area (Å²) in [6.45, 7) is 12.3. The number of hydrogen-bond acceptors (Lipinski definition) is 2. The molecule has 1 aliphatic rings. The maximum absolute atomic E-state index is 11.5. The van der Waals surface area contributed by atoms with Crippen LogP contribution in [-0.4, -0.2) is 11.6 Å². The van der Waals surface area contributed by atoms with E-state index in [1.165, 1.54) is 23.6 Å². The first kappa shape index (κ1) is 20.7. The predicted octanol–water partition coefficient (Wildman–Crippen LogP) is 6.53. The fraction of sp³-hybridized carbons (Fsp3) is 0.682. The quantitative estimate of drug-likeness (QED) is 0.424. The highest BCUT2D eigenvalue weighted by atomic mass is 16.6. The van der Waals surface area contributed by atoms with Crippen molar-refractivity contribution >= 4 is 5.97 Å². The minimum atomic E-state index is -0.420. The summed E-state index contributed by atoms with van der Waals surface area (Å²) in [5.41, 5.74) is 3.96. The van der Waals surface area contributed by atoms with E-state index in [1.807, 2.05) is 0 Å². The van der Waals surface area contributed by atoms with Crippen LogP contribution in [0.2, 0.25) is 0 Å². The molecule has 1 aliphatic carbocycles. The minimum Gasteiger partial charge on any atom is -0.460 e. The SMILES string of the molecule is CC(=O)OC(C)(C)C1CC=C(C)CCC=C(C)CCC=C(C)CC1. The number of carbonyl (C=O) groups is 1. The average molecular weight is 333 g/mol. The number of ether oxygens (including phenoxy) is 1. The third-order valence-corrected chi connectivity index (χ3v) is 5.09. The van der Waals surface area contributed by atoms with Gasteiger partial charge in [0.1, 0.15) is 5.60 Å². The third kappa shape index (κ3) is 7.99. The highest BCUT2D eigenvalue weighted by Crippen LogP contribution is 2.31. The Kier molecular flexibility index (Phi) is 8.52. The van der Waals surface area contributed by atoms with Crippen molar-refractivity contribution in [2.75, 3.05) is 0 Å². The summed E-state index contributed by atoms with van der Waals surface area (Å²) in [4.78, 5) is 11.5. The first-order valence-electron chi connectivity index (χ1n) is 9.37. The largest absolute Gasteiger partial charge is 0.460 e. The molecule has 24 heavy (non-hydrogen) atoms. The second-order valence-electron chi connectivity index (χ2n) is 7.90. The summed E-state index contributed by atoms with van der Waals surface area (Å²) >= 11 is 0. The summed E-state index contributed by atoms with van der Waals surface area (Å²) in [6.07, 6.45) is 14.7. The number of esters is 1. The summed E-state index contributed by atoms with van der Waals surface area (Å²) in [5.74, 6) is 0.160. The van der Waals surface area contributed by atoms with Gasteiger partial charge in [-0.05, 0) is 79.6 Å². The van der Waals surface area contributed by atoms with E-state index in [0.717, 1.165) is 44.9 Å². The lowest BCUT2D eigenvalue weighted by molar-refractivity contribution is -0.159. The van der Waals surface area contributed by atoms with Gasteiger partial charge in [0, 0.05) is 12.8 Å². The number of allylic oxidation sites excluding steroid dienone is 6. The van der Waals surface area contributed by atoms with Gasteiger partial charge in [0.25, 0.3) is 0 Å². The number of hydrogen-bond donors (Lipinski definition) is 0. The first-order valence-corrected chi connectivity index (χ1v) is 9.37. The van der Waals surface area contributed by atoms with Crippen LogP contribution >= 0.6 is 0 Å². The van der Waals surface area contributed by atoms with Gasteiger partial charge < -0.3 is 4.74 Å². The standard InChI is InChI=1S/C22H36O2/c1-17-9-7-11-18(2)13-15-21(22(5,6)24-20(4)23)16-14-19(3)12-8-10-17/h9,12-13,21H,7-8,10-11,14-16H2,1-6H3. The van der Waals surface area contributed by atoms with Crippen molar-refractivity contribution in [3.63, 3.8) is 0 Å². The van der Waals surface area contributed by atoms with Gasteiger partial charge in [0.05, 0.1) is 0 Å². The second kappa shape index (κ2) is 9.86. The molecule has 1 rings (SSSR count). The van der Waals surface area contributed by atoms with E-state index in [2.05, 4.69) is 52.8 Å². The Balaban J connectivity index is 2.93. The molecule has 0 aliphatic heterocycles. The molecule has 1 unspecified atom stereocenters. The lowest BCUT2D eigenvalue weighted by atomic mass is 9.82. The lowest BCUT2D eigenvalue weighted by Gasteiger charge is -2.33. The van der Waals surface area contributed by atoms with Gasteiger partial charge in [-0.2, -0.15) is 0 Å². The molecule has 0 bridgehead atoms. The Hall–Kier alpha value is -1.31. The van der Waals surface area contributed by atoms with Crippen molar-refractivity contribution in [1.82, 2.24) is 0 Å². The van der Waals surface area contributed by atoms with Crippen LogP contribution in [0.3, 0.4) is 0 Å². The van der Waals surface area contributed by atoms with E-state index in [9.17, 15) is 4.79 Å². The zero-order valence-electron chi connectivity index (χ0n) is 16.6. The topological polar surface area (TPSA) is 26.3 Å². The molecule has 0 aromatic rings. The molecular formula is C22H36O2. The first-order chi connectivity index (χ1) is 11.2. The Morgan fingerprint density at radius 2 is 1.46 bits per heavy atom. The van der Waals surface area contributed by atoms with E-state index in [4.69, 9.17) is 4.74 Å². The van der Waals surface area contributed by atoms with Gasteiger partial charge in [-0.15, -0.1) is 0 Å². The monoisotopic (exact) mass is 332 g/mol. The molecule has 0 aromatic heterocycles. The predicted molar refractivity (Wildman–Crippen MR) is 103 cm³/mol. The molecule has 2 nitrogen and oxygen atoms in total. The van der Waals surface area contributed by atoms with E-state index >= 15 is 0 Å². The molecule has 136 valence electrons. The van der Waals surface area contributed by atoms with Crippen molar-refractivity contribution in [3.05, 3.63) is 34.9 Å². The van der Waals surface area contributed by atoms with Gasteiger partial charge in [-0.1, -0.05) is 34.9 Å². The minimum absolute atomic E-state index is 0.187. The molecule has 0 amide bonds. The van der Waals surface area contributed by atoms with E-state index < -0.39 is 5.60 Å². The molecule has 1 atom stereocenters. The Morgan fingerprint density at radius 3 is 2.00 bits per heavy atom. The Bertz CT molecular complexity index is 506. The third-order valence-electron chi connectivity index (χ3n) is 5.09. The highest BCUT2D eigenvalue weighted by Gasteiger charge is 2.31. The maximum Gasteiger partial charge on any atom is 0.303 e. The zero-order chi connectivity index (χ0) is 18.2. The van der Waals surface area contributed by atoms with Crippen LogP contribution in [0.5, 0.6) is 0 Å².